The quantitative estimate of drug-likeness (QED) is 0.707. The van der Waals surface area contributed by atoms with Crippen molar-refractivity contribution in [1.29, 1.82) is 0 Å². The van der Waals surface area contributed by atoms with E-state index < -0.39 is 5.60 Å². The van der Waals surface area contributed by atoms with Gasteiger partial charge in [-0.05, 0) is 37.5 Å². The Morgan fingerprint density at radius 3 is 2.55 bits per heavy atom. The molecular formula is C23H30N4O4. The fourth-order valence-corrected chi connectivity index (χ4v) is 4.27. The third-order valence-electron chi connectivity index (χ3n) is 6.00. The summed E-state index contributed by atoms with van der Waals surface area (Å²) in [6, 6.07) is 11.2. The Kier molecular flexibility index (Phi) is 6.56. The number of carbonyl (C=O) groups is 2. The number of carbonyl (C=O) groups excluding carboxylic acids is 2. The van der Waals surface area contributed by atoms with Crippen LogP contribution in [0.1, 0.15) is 36.2 Å². The van der Waals surface area contributed by atoms with Crippen LogP contribution in [0.4, 0.5) is 0 Å². The van der Waals surface area contributed by atoms with Crippen LogP contribution in [0.2, 0.25) is 0 Å². The summed E-state index contributed by atoms with van der Waals surface area (Å²) in [5, 5.41) is 4.11. The highest BCUT2D eigenvalue weighted by molar-refractivity contribution is 5.92. The van der Waals surface area contributed by atoms with Gasteiger partial charge in [0.15, 0.2) is 0 Å². The average Bonchev–Trinajstić information content (AvgIpc) is 3.24. The predicted octanol–water partition coefficient (Wildman–Crippen LogP) is 2.11. The van der Waals surface area contributed by atoms with Gasteiger partial charge in [0.25, 0.3) is 5.91 Å². The topological polar surface area (TPSA) is 76.9 Å². The smallest absolute Gasteiger partial charge is 0.272 e. The number of aryl methyl sites for hydroxylation is 1. The van der Waals surface area contributed by atoms with Crippen LogP contribution in [0.15, 0.2) is 42.6 Å². The predicted molar refractivity (Wildman–Crippen MR) is 115 cm³/mol. The van der Waals surface area contributed by atoms with Gasteiger partial charge in [0, 0.05) is 32.9 Å². The van der Waals surface area contributed by atoms with Crippen LogP contribution in [0, 0.1) is 0 Å². The summed E-state index contributed by atoms with van der Waals surface area (Å²) in [4.78, 5) is 29.9. The molecule has 0 radical (unpaired) electrons. The van der Waals surface area contributed by atoms with Gasteiger partial charge >= 0.3 is 0 Å². The van der Waals surface area contributed by atoms with E-state index in [0.29, 0.717) is 31.1 Å². The van der Waals surface area contributed by atoms with E-state index >= 15 is 0 Å². The van der Waals surface area contributed by atoms with Crippen molar-refractivity contribution in [2.45, 2.75) is 31.3 Å². The van der Waals surface area contributed by atoms with Crippen molar-refractivity contribution < 1.29 is 19.1 Å². The number of ether oxygens (including phenoxy) is 2. The van der Waals surface area contributed by atoms with Crippen molar-refractivity contribution >= 4 is 11.8 Å². The van der Waals surface area contributed by atoms with Crippen molar-refractivity contribution in [3.8, 4) is 5.75 Å². The number of hydrogen-bond donors (Lipinski definition) is 0. The van der Waals surface area contributed by atoms with Gasteiger partial charge in [0.1, 0.15) is 23.7 Å². The zero-order valence-corrected chi connectivity index (χ0v) is 18.0. The molecule has 2 fully saturated rings. The van der Waals surface area contributed by atoms with Gasteiger partial charge in [0.05, 0.1) is 19.6 Å². The van der Waals surface area contributed by atoms with Crippen molar-refractivity contribution in [1.82, 2.24) is 19.6 Å². The standard InChI is InChI=1S/C23H30N4O4/c1-25-20(10-11-24-25)22(29)27-14-15-31-23(17-27,18-30-19-8-4-2-5-9-19)16-21(28)26-12-6-3-7-13-26/h2,4-5,8-11H,3,6-7,12-18H2,1H3. The number of morpholine rings is 1. The minimum atomic E-state index is -0.892. The molecule has 2 amide bonds. The molecule has 1 unspecified atom stereocenters. The fourth-order valence-electron chi connectivity index (χ4n) is 4.27. The van der Waals surface area contributed by atoms with Crippen molar-refractivity contribution in [2.24, 2.45) is 7.05 Å². The minimum Gasteiger partial charge on any atom is -0.490 e. The third kappa shape index (κ3) is 5.07. The van der Waals surface area contributed by atoms with Crippen LogP contribution in [0.3, 0.4) is 0 Å². The lowest BCUT2D eigenvalue weighted by molar-refractivity contribution is -0.153. The Morgan fingerprint density at radius 2 is 1.84 bits per heavy atom. The molecule has 2 saturated heterocycles. The van der Waals surface area contributed by atoms with Gasteiger partial charge in [0.2, 0.25) is 5.91 Å². The molecule has 31 heavy (non-hydrogen) atoms. The maximum absolute atomic E-state index is 13.1. The van der Waals surface area contributed by atoms with Crippen LogP contribution in [0.25, 0.3) is 0 Å². The molecule has 4 rings (SSSR count). The van der Waals surface area contributed by atoms with Crippen LogP contribution >= 0.6 is 0 Å². The molecule has 1 aromatic heterocycles. The summed E-state index contributed by atoms with van der Waals surface area (Å²) in [7, 11) is 1.75. The Balaban J connectivity index is 1.52. The zero-order valence-electron chi connectivity index (χ0n) is 18.0. The van der Waals surface area contributed by atoms with Crippen LogP contribution in [0.5, 0.6) is 5.75 Å². The summed E-state index contributed by atoms with van der Waals surface area (Å²) >= 11 is 0. The number of hydrogen-bond acceptors (Lipinski definition) is 5. The second-order valence-corrected chi connectivity index (χ2v) is 8.32. The highest BCUT2D eigenvalue weighted by Crippen LogP contribution is 2.27. The van der Waals surface area contributed by atoms with Crippen LogP contribution < -0.4 is 4.74 Å². The highest BCUT2D eigenvalue weighted by Gasteiger charge is 2.42. The first-order chi connectivity index (χ1) is 15.1. The summed E-state index contributed by atoms with van der Waals surface area (Å²) in [5.41, 5.74) is -0.376. The van der Waals surface area contributed by atoms with Gasteiger partial charge in [-0.3, -0.25) is 14.3 Å². The van der Waals surface area contributed by atoms with E-state index in [0.717, 1.165) is 32.4 Å². The Morgan fingerprint density at radius 1 is 1.06 bits per heavy atom. The normalized spacial score (nSPS) is 21.7. The van der Waals surface area contributed by atoms with E-state index in [4.69, 9.17) is 9.47 Å². The summed E-state index contributed by atoms with van der Waals surface area (Å²) in [5.74, 6) is 0.662. The average molecular weight is 427 g/mol. The molecule has 2 aromatic rings. The van der Waals surface area contributed by atoms with Gasteiger partial charge < -0.3 is 19.3 Å². The SMILES string of the molecule is Cn1nccc1C(=O)N1CCOC(COc2ccccc2)(CC(=O)N2CCCCC2)C1. The number of benzene rings is 1. The number of amides is 2. The molecule has 2 aliphatic heterocycles. The first kappa shape index (κ1) is 21.4. The van der Waals surface area contributed by atoms with Crippen molar-refractivity contribution in [3.05, 3.63) is 48.3 Å². The maximum Gasteiger partial charge on any atom is 0.272 e. The molecule has 8 nitrogen and oxygen atoms in total. The molecule has 1 atom stereocenters. The Labute approximate surface area is 182 Å². The molecular weight excluding hydrogens is 396 g/mol. The maximum atomic E-state index is 13.1. The van der Waals surface area contributed by atoms with E-state index in [-0.39, 0.29) is 24.8 Å². The highest BCUT2D eigenvalue weighted by atomic mass is 16.5. The second kappa shape index (κ2) is 9.51. The number of para-hydroxylation sites is 1. The number of rotatable bonds is 6. The largest absolute Gasteiger partial charge is 0.490 e. The molecule has 0 N–H and O–H groups in total. The number of nitrogens with zero attached hydrogens (tertiary/aromatic N) is 4. The monoisotopic (exact) mass is 426 g/mol. The van der Waals surface area contributed by atoms with E-state index in [1.807, 2.05) is 35.2 Å². The number of likely N-dealkylation sites (tertiary alicyclic amines) is 1. The number of aromatic nitrogens is 2. The first-order valence-corrected chi connectivity index (χ1v) is 10.9. The summed E-state index contributed by atoms with van der Waals surface area (Å²) < 4.78 is 13.8. The van der Waals surface area contributed by atoms with E-state index in [2.05, 4.69) is 5.10 Å². The van der Waals surface area contributed by atoms with E-state index in [1.165, 1.54) is 0 Å². The molecule has 2 aliphatic rings. The minimum absolute atomic E-state index is 0.0613. The molecule has 0 aliphatic carbocycles. The number of piperidine rings is 1. The second-order valence-electron chi connectivity index (χ2n) is 8.32. The van der Waals surface area contributed by atoms with E-state index in [1.54, 1.807) is 28.9 Å². The molecule has 0 saturated carbocycles. The van der Waals surface area contributed by atoms with Gasteiger partial charge in [-0.2, -0.15) is 5.10 Å². The molecule has 0 spiro atoms. The van der Waals surface area contributed by atoms with Gasteiger partial charge in [-0.1, -0.05) is 18.2 Å². The third-order valence-corrected chi connectivity index (χ3v) is 6.00. The fraction of sp³-hybridized carbons (Fsp3) is 0.522. The molecule has 8 heteroatoms. The molecule has 1 aromatic carbocycles. The summed E-state index contributed by atoms with van der Waals surface area (Å²) in [6.07, 6.45) is 5.03. The summed E-state index contributed by atoms with van der Waals surface area (Å²) in [6.45, 7) is 2.89. The lowest BCUT2D eigenvalue weighted by atomic mass is 9.96. The van der Waals surface area contributed by atoms with Gasteiger partial charge in [-0.25, -0.2) is 0 Å². The van der Waals surface area contributed by atoms with Crippen LogP contribution in [-0.4, -0.2) is 76.4 Å². The lowest BCUT2D eigenvalue weighted by Crippen LogP contribution is -2.58. The zero-order chi connectivity index (χ0) is 21.7. The molecule has 0 bridgehead atoms. The first-order valence-electron chi connectivity index (χ1n) is 10.9. The van der Waals surface area contributed by atoms with Crippen LogP contribution in [-0.2, 0) is 16.6 Å². The van der Waals surface area contributed by atoms with Crippen molar-refractivity contribution in [3.63, 3.8) is 0 Å². The van der Waals surface area contributed by atoms with Gasteiger partial charge in [-0.15, -0.1) is 0 Å². The Hall–Kier alpha value is -2.87. The van der Waals surface area contributed by atoms with E-state index in [9.17, 15) is 9.59 Å². The van der Waals surface area contributed by atoms with Crippen molar-refractivity contribution in [2.75, 3.05) is 39.4 Å². The Bertz CT molecular complexity index is 894. The molecule has 166 valence electrons. The molecule has 3 heterocycles. The lowest BCUT2D eigenvalue weighted by Gasteiger charge is -2.43.